The van der Waals surface area contributed by atoms with Crippen LogP contribution >= 0.6 is 0 Å². The lowest BCUT2D eigenvalue weighted by Gasteiger charge is -2.27. The van der Waals surface area contributed by atoms with E-state index in [1.54, 1.807) is 23.0 Å². The number of nitriles is 1. The van der Waals surface area contributed by atoms with Gasteiger partial charge in [-0.15, -0.1) is 0 Å². The van der Waals surface area contributed by atoms with E-state index < -0.39 is 13.0 Å². The van der Waals surface area contributed by atoms with Crippen molar-refractivity contribution in [3.8, 4) is 11.8 Å². The maximum atomic E-state index is 12.1. The van der Waals surface area contributed by atoms with E-state index in [1.807, 2.05) is 19.9 Å². The average molecular weight is 435 g/mol. The number of ether oxygens (including phenoxy) is 1. The number of carbonyl (C=O) groups is 1. The van der Waals surface area contributed by atoms with Gasteiger partial charge in [-0.3, -0.25) is 9.48 Å². The summed E-state index contributed by atoms with van der Waals surface area (Å²) in [5.74, 6) is 0.0493. The molecule has 3 heterocycles. The third-order valence-electron chi connectivity index (χ3n) is 6.06. The molecule has 0 spiro atoms. The molecular weight excluding hydrogens is 409 g/mol. The first-order valence-electron chi connectivity index (χ1n) is 10.8. The van der Waals surface area contributed by atoms with Crippen molar-refractivity contribution >= 4 is 30.1 Å². The second-order valence-electron chi connectivity index (χ2n) is 7.92. The summed E-state index contributed by atoms with van der Waals surface area (Å²) in [7, 11) is -0.941. The number of carbonyl (C=O) groups excluding carboxylic acids is 1. The molecular formula is C22H26BN5O4. The summed E-state index contributed by atoms with van der Waals surface area (Å²) in [5, 5.41) is 27.5. The zero-order chi connectivity index (χ0) is 22.8. The van der Waals surface area contributed by atoms with Crippen molar-refractivity contribution in [2.45, 2.75) is 39.2 Å². The number of aromatic nitrogens is 2. The molecule has 9 nitrogen and oxygen atoms in total. The van der Waals surface area contributed by atoms with Crippen LogP contribution in [0.4, 0.5) is 11.5 Å². The summed E-state index contributed by atoms with van der Waals surface area (Å²) < 4.78 is 12.8. The maximum absolute atomic E-state index is 12.1. The van der Waals surface area contributed by atoms with Crippen molar-refractivity contribution < 1.29 is 19.2 Å². The van der Waals surface area contributed by atoms with Crippen LogP contribution in [0.1, 0.15) is 55.1 Å². The fourth-order valence-electron chi connectivity index (χ4n) is 4.37. The molecule has 0 saturated carbocycles. The summed E-state index contributed by atoms with van der Waals surface area (Å²) in [6.07, 6.45) is 3.61. The minimum atomic E-state index is -0.941. The van der Waals surface area contributed by atoms with E-state index in [0.717, 1.165) is 23.0 Å². The van der Waals surface area contributed by atoms with Gasteiger partial charge in [-0.05, 0) is 48.5 Å². The zero-order valence-corrected chi connectivity index (χ0v) is 18.2. The minimum absolute atomic E-state index is 0.233. The maximum Gasteiger partial charge on any atom is 0.556 e. The molecule has 2 aliphatic rings. The molecule has 1 unspecified atom stereocenters. The van der Waals surface area contributed by atoms with Crippen LogP contribution in [0.25, 0.3) is 5.57 Å². The second kappa shape index (κ2) is 9.06. The molecule has 0 radical (unpaired) electrons. The van der Waals surface area contributed by atoms with Gasteiger partial charge in [0, 0.05) is 24.1 Å². The molecule has 166 valence electrons. The van der Waals surface area contributed by atoms with Crippen molar-refractivity contribution in [1.82, 2.24) is 9.78 Å². The first-order valence-corrected chi connectivity index (χ1v) is 10.8. The summed E-state index contributed by atoms with van der Waals surface area (Å²) in [6.45, 7) is 4.90. The SMILES string of the molecule is CCC1=C(CC)c2cc(Nc3nn(C4COCC[C@@H]4C#N)cc3C(N)=O)ccc2OB1O. The Morgan fingerprint density at radius 1 is 1.44 bits per heavy atom. The minimum Gasteiger partial charge on any atom is -0.532 e. The normalized spacial score (nSPS) is 20.4. The van der Waals surface area contributed by atoms with Crippen LogP contribution in [0.5, 0.6) is 5.75 Å². The standard InChI is InChI=1S/C22H26BN5O4/c1-3-15-16-9-14(5-6-20(16)32-23(30)18(15)4-2)26-22-17(21(25)29)11-28(27-22)19-12-31-8-7-13(19)10-24/h5-6,9,11,13,19,30H,3-4,7-8,12H2,1-2H3,(H2,25,29)(H,26,27)/t13-,19?/m1/s1. The molecule has 1 aromatic heterocycles. The van der Waals surface area contributed by atoms with Gasteiger partial charge in [-0.1, -0.05) is 13.8 Å². The highest BCUT2D eigenvalue weighted by Gasteiger charge is 2.32. The molecule has 0 bridgehead atoms. The highest BCUT2D eigenvalue weighted by molar-refractivity contribution is 6.55. The fourth-order valence-corrected chi connectivity index (χ4v) is 4.37. The molecule has 32 heavy (non-hydrogen) atoms. The molecule has 4 N–H and O–H groups in total. The van der Waals surface area contributed by atoms with Crippen LogP contribution in [-0.4, -0.2) is 41.0 Å². The number of hydrogen-bond acceptors (Lipinski definition) is 7. The second-order valence-corrected chi connectivity index (χ2v) is 7.92. The molecule has 10 heteroatoms. The quantitative estimate of drug-likeness (QED) is 0.594. The van der Waals surface area contributed by atoms with E-state index in [9.17, 15) is 15.1 Å². The largest absolute Gasteiger partial charge is 0.556 e. The van der Waals surface area contributed by atoms with Gasteiger partial charge >= 0.3 is 7.12 Å². The number of anilines is 2. The van der Waals surface area contributed by atoms with Gasteiger partial charge in [-0.2, -0.15) is 10.4 Å². The average Bonchev–Trinajstić information content (AvgIpc) is 3.22. The Morgan fingerprint density at radius 2 is 2.25 bits per heavy atom. The van der Waals surface area contributed by atoms with Crippen molar-refractivity contribution in [2.24, 2.45) is 11.7 Å². The predicted octanol–water partition coefficient (Wildman–Crippen LogP) is 2.81. The Labute approximate surface area is 186 Å². The van der Waals surface area contributed by atoms with E-state index in [2.05, 4.69) is 16.5 Å². The van der Waals surface area contributed by atoms with Gasteiger partial charge in [0.25, 0.3) is 5.91 Å². The Hall–Kier alpha value is -3.29. The molecule has 1 aromatic carbocycles. The van der Waals surface area contributed by atoms with E-state index in [0.29, 0.717) is 43.3 Å². The fraction of sp³-hybridized carbons (Fsp3) is 0.409. The topological polar surface area (TPSA) is 135 Å². The van der Waals surface area contributed by atoms with E-state index in [4.69, 9.17) is 15.1 Å². The molecule has 1 amide bonds. The number of rotatable bonds is 6. The number of amides is 1. The highest BCUT2D eigenvalue weighted by Crippen LogP contribution is 2.39. The Kier molecular flexibility index (Phi) is 6.21. The first-order chi connectivity index (χ1) is 15.5. The number of nitrogens with zero attached hydrogens (tertiary/aromatic N) is 3. The number of primary amides is 1. The highest BCUT2D eigenvalue weighted by atomic mass is 16.5. The number of hydrogen-bond donors (Lipinski definition) is 3. The molecule has 4 rings (SSSR count). The van der Waals surface area contributed by atoms with Gasteiger partial charge in [0.2, 0.25) is 0 Å². The van der Waals surface area contributed by atoms with Crippen molar-refractivity contribution in [2.75, 3.05) is 18.5 Å². The number of fused-ring (bicyclic) bond motifs is 1. The number of benzene rings is 1. The van der Waals surface area contributed by atoms with Gasteiger partial charge in [0.05, 0.1) is 24.6 Å². The summed E-state index contributed by atoms with van der Waals surface area (Å²) >= 11 is 0. The summed E-state index contributed by atoms with van der Waals surface area (Å²) in [6, 6.07) is 7.51. The summed E-state index contributed by atoms with van der Waals surface area (Å²) in [4.78, 5) is 12.1. The number of allylic oxidation sites excluding steroid dienone is 2. The van der Waals surface area contributed by atoms with Crippen LogP contribution < -0.4 is 15.7 Å². The zero-order valence-electron chi connectivity index (χ0n) is 18.2. The molecule has 0 aliphatic carbocycles. The lowest BCUT2D eigenvalue weighted by Crippen LogP contribution is -2.29. The molecule has 1 fully saturated rings. The number of nitrogens with one attached hydrogen (secondary N) is 1. The lowest BCUT2D eigenvalue weighted by molar-refractivity contribution is 0.0342. The lowest BCUT2D eigenvalue weighted by atomic mass is 9.70. The molecule has 2 aliphatic heterocycles. The predicted molar refractivity (Wildman–Crippen MR) is 120 cm³/mol. The molecule has 2 atom stereocenters. The Bertz CT molecular complexity index is 1110. The monoisotopic (exact) mass is 435 g/mol. The van der Waals surface area contributed by atoms with Gasteiger partial charge in [-0.25, -0.2) is 0 Å². The smallest absolute Gasteiger partial charge is 0.532 e. The van der Waals surface area contributed by atoms with Gasteiger partial charge in [0.15, 0.2) is 5.82 Å². The third kappa shape index (κ3) is 3.97. The van der Waals surface area contributed by atoms with Crippen LogP contribution in [0.3, 0.4) is 0 Å². The third-order valence-corrected chi connectivity index (χ3v) is 6.06. The Balaban J connectivity index is 1.68. The van der Waals surface area contributed by atoms with E-state index in [-0.39, 0.29) is 17.5 Å². The first kappa shape index (κ1) is 21.9. The van der Waals surface area contributed by atoms with Crippen LogP contribution in [-0.2, 0) is 4.74 Å². The van der Waals surface area contributed by atoms with Crippen LogP contribution in [0.15, 0.2) is 29.9 Å². The van der Waals surface area contributed by atoms with Crippen molar-refractivity contribution in [3.63, 3.8) is 0 Å². The summed E-state index contributed by atoms with van der Waals surface area (Å²) in [5.41, 5.74) is 9.33. The van der Waals surface area contributed by atoms with Gasteiger partial charge < -0.3 is 25.5 Å². The van der Waals surface area contributed by atoms with Crippen molar-refractivity contribution in [1.29, 1.82) is 5.26 Å². The van der Waals surface area contributed by atoms with Crippen LogP contribution in [0, 0.1) is 17.2 Å². The molecule has 1 saturated heterocycles. The van der Waals surface area contributed by atoms with Crippen LogP contribution in [0.2, 0.25) is 0 Å². The number of nitrogens with two attached hydrogens (primary N) is 1. The van der Waals surface area contributed by atoms with Gasteiger partial charge in [0.1, 0.15) is 11.3 Å². The van der Waals surface area contributed by atoms with Crippen molar-refractivity contribution in [3.05, 3.63) is 41.0 Å². The van der Waals surface area contributed by atoms with E-state index >= 15 is 0 Å². The Morgan fingerprint density at radius 3 is 2.94 bits per heavy atom. The van der Waals surface area contributed by atoms with E-state index in [1.165, 1.54) is 0 Å². The molecule has 2 aromatic rings.